The van der Waals surface area contributed by atoms with Gasteiger partial charge >= 0.3 is 5.69 Å². The minimum Gasteiger partial charge on any atom is -0.383 e. The summed E-state index contributed by atoms with van der Waals surface area (Å²) in [5.74, 6) is -1.63. The van der Waals surface area contributed by atoms with Gasteiger partial charge in [0.1, 0.15) is 11.6 Å². The number of carbonyl (C=O) groups excluding carboxylic acids is 2. The maximum absolute atomic E-state index is 13.9. The molecule has 0 fully saturated rings. The molecular weight excluding hydrogens is 517 g/mol. The standard InChI is InChI=1S/C28H28FN7O4/c1-16-33-34(2)28(39)36(16)20-7-4-17(5-8-20)23-14-18-10-11-31-24(25(18)35(23)12-13-40-3)27(38)32-19-6-9-22(29)21(15-19)26(30)37/h4-11,15,23H,12-14H2,1-3H3,(H2,30,37)(H,32,38). The predicted octanol–water partition coefficient (Wildman–Crippen LogP) is 2.51. The maximum Gasteiger partial charge on any atom is 0.350 e. The number of hydrogen-bond donors (Lipinski definition) is 2. The van der Waals surface area contributed by atoms with Gasteiger partial charge in [-0.25, -0.2) is 23.4 Å². The lowest BCUT2D eigenvalue weighted by Gasteiger charge is -2.28. The smallest absolute Gasteiger partial charge is 0.350 e. The van der Waals surface area contributed by atoms with Crippen LogP contribution in [0.3, 0.4) is 0 Å². The lowest BCUT2D eigenvalue weighted by molar-refractivity contribution is 0.0992. The number of fused-ring (bicyclic) bond motifs is 1. The third-order valence-corrected chi connectivity index (χ3v) is 6.95. The highest BCUT2D eigenvalue weighted by Gasteiger charge is 2.34. The topological polar surface area (TPSA) is 137 Å². The summed E-state index contributed by atoms with van der Waals surface area (Å²) in [5.41, 5.74) is 8.40. The molecule has 2 aromatic heterocycles. The first-order valence-electron chi connectivity index (χ1n) is 12.6. The Balaban J connectivity index is 1.47. The van der Waals surface area contributed by atoms with Gasteiger partial charge in [0.2, 0.25) is 0 Å². The van der Waals surface area contributed by atoms with Crippen molar-refractivity contribution in [2.75, 3.05) is 30.5 Å². The average Bonchev–Trinajstić information content (AvgIpc) is 3.43. The van der Waals surface area contributed by atoms with Crippen molar-refractivity contribution >= 4 is 23.2 Å². The number of nitrogens with one attached hydrogen (secondary N) is 1. The summed E-state index contributed by atoms with van der Waals surface area (Å²) in [4.78, 5) is 43.9. The van der Waals surface area contributed by atoms with Crippen LogP contribution in [0.2, 0.25) is 0 Å². The van der Waals surface area contributed by atoms with E-state index >= 15 is 0 Å². The Morgan fingerprint density at radius 3 is 2.58 bits per heavy atom. The van der Waals surface area contributed by atoms with E-state index < -0.39 is 17.6 Å². The second-order valence-electron chi connectivity index (χ2n) is 9.47. The molecule has 0 spiro atoms. The van der Waals surface area contributed by atoms with Crippen molar-refractivity contribution in [1.29, 1.82) is 0 Å². The van der Waals surface area contributed by atoms with Crippen molar-refractivity contribution < 1.29 is 18.7 Å². The van der Waals surface area contributed by atoms with Crippen LogP contribution in [-0.4, -0.2) is 51.4 Å². The Hall–Kier alpha value is -4.84. The van der Waals surface area contributed by atoms with E-state index in [1.807, 2.05) is 30.3 Å². The third-order valence-electron chi connectivity index (χ3n) is 6.95. The van der Waals surface area contributed by atoms with Crippen molar-refractivity contribution in [2.24, 2.45) is 12.8 Å². The van der Waals surface area contributed by atoms with Crippen LogP contribution >= 0.6 is 0 Å². The first-order chi connectivity index (χ1) is 19.2. The van der Waals surface area contributed by atoms with Crippen LogP contribution in [0.25, 0.3) is 5.69 Å². The SMILES string of the molecule is COCCN1c2c(ccnc2C(=O)Nc2ccc(F)c(C(N)=O)c2)CC1c1ccc(-n2c(C)nn(C)c2=O)cc1. The van der Waals surface area contributed by atoms with Crippen molar-refractivity contribution in [2.45, 2.75) is 19.4 Å². The monoisotopic (exact) mass is 545 g/mol. The summed E-state index contributed by atoms with van der Waals surface area (Å²) >= 11 is 0. The summed E-state index contributed by atoms with van der Waals surface area (Å²) in [7, 11) is 3.22. The zero-order chi connectivity index (χ0) is 28.6. The van der Waals surface area contributed by atoms with Crippen LogP contribution < -0.4 is 21.6 Å². The Labute approximate surface area is 229 Å². The fraction of sp³-hybridized carbons (Fsp3) is 0.250. The number of carbonyl (C=O) groups is 2. The van der Waals surface area contributed by atoms with Gasteiger partial charge in [0, 0.05) is 32.6 Å². The van der Waals surface area contributed by atoms with E-state index in [2.05, 4.69) is 20.3 Å². The number of aryl methyl sites for hydroxylation is 2. The minimum absolute atomic E-state index is 0.117. The normalized spacial score (nSPS) is 14.3. The Kier molecular flexibility index (Phi) is 7.18. The summed E-state index contributed by atoms with van der Waals surface area (Å²) < 4.78 is 22.1. The Bertz CT molecular complexity index is 1660. The molecule has 0 saturated heterocycles. The zero-order valence-electron chi connectivity index (χ0n) is 22.2. The van der Waals surface area contributed by atoms with Crippen LogP contribution in [0.5, 0.6) is 0 Å². The quantitative estimate of drug-likeness (QED) is 0.347. The van der Waals surface area contributed by atoms with Crippen LogP contribution in [0.1, 0.15) is 43.8 Å². The van der Waals surface area contributed by atoms with E-state index in [4.69, 9.17) is 10.5 Å². The molecule has 0 saturated carbocycles. The first kappa shape index (κ1) is 26.8. The van der Waals surface area contributed by atoms with Gasteiger partial charge < -0.3 is 20.7 Å². The highest BCUT2D eigenvalue weighted by atomic mass is 19.1. The van der Waals surface area contributed by atoms with E-state index in [9.17, 15) is 18.8 Å². The van der Waals surface area contributed by atoms with Crippen LogP contribution in [0.15, 0.2) is 59.5 Å². The zero-order valence-corrected chi connectivity index (χ0v) is 22.2. The van der Waals surface area contributed by atoms with Crippen molar-refractivity contribution in [3.05, 3.63) is 99.2 Å². The lowest BCUT2D eigenvalue weighted by atomic mass is 10.0. The average molecular weight is 546 g/mol. The number of nitrogens with zero attached hydrogens (tertiary/aromatic N) is 5. The number of pyridine rings is 1. The highest BCUT2D eigenvalue weighted by molar-refractivity contribution is 6.08. The number of aromatic nitrogens is 4. The molecule has 0 radical (unpaired) electrons. The second-order valence-corrected chi connectivity index (χ2v) is 9.47. The van der Waals surface area contributed by atoms with Gasteiger partial charge in [-0.1, -0.05) is 12.1 Å². The van der Waals surface area contributed by atoms with Gasteiger partial charge in [0.15, 0.2) is 5.69 Å². The number of nitrogens with two attached hydrogens (primary N) is 1. The summed E-state index contributed by atoms with van der Waals surface area (Å²) in [6, 6.07) is 13.1. The molecule has 11 nitrogen and oxygen atoms in total. The fourth-order valence-corrected chi connectivity index (χ4v) is 5.09. The summed E-state index contributed by atoms with van der Waals surface area (Å²) in [6.45, 7) is 2.68. The number of primary amides is 1. The van der Waals surface area contributed by atoms with Crippen LogP contribution in [-0.2, 0) is 18.2 Å². The number of halogens is 1. The van der Waals surface area contributed by atoms with Crippen LogP contribution in [0, 0.1) is 12.7 Å². The molecule has 2 aromatic carbocycles. The molecule has 206 valence electrons. The maximum atomic E-state index is 13.9. The highest BCUT2D eigenvalue weighted by Crippen LogP contribution is 2.42. The molecule has 2 amide bonds. The van der Waals surface area contributed by atoms with Gasteiger partial charge in [-0.15, -0.1) is 0 Å². The molecular formula is C28H28FN7O4. The van der Waals surface area contributed by atoms with Gasteiger partial charge in [0.05, 0.1) is 29.6 Å². The molecule has 3 N–H and O–H groups in total. The van der Waals surface area contributed by atoms with Gasteiger partial charge in [0.25, 0.3) is 11.8 Å². The number of hydrogen-bond acceptors (Lipinski definition) is 7. The first-order valence-corrected chi connectivity index (χ1v) is 12.6. The van der Waals surface area contributed by atoms with Crippen LogP contribution in [0.4, 0.5) is 15.8 Å². The molecule has 0 bridgehead atoms. The number of ether oxygens (including phenoxy) is 1. The fourth-order valence-electron chi connectivity index (χ4n) is 5.09. The molecule has 1 unspecified atom stereocenters. The number of anilines is 2. The van der Waals surface area contributed by atoms with E-state index in [-0.39, 0.29) is 28.7 Å². The number of rotatable bonds is 8. The largest absolute Gasteiger partial charge is 0.383 e. The lowest BCUT2D eigenvalue weighted by Crippen LogP contribution is -2.31. The summed E-state index contributed by atoms with van der Waals surface area (Å²) in [5, 5.41) is 6.90. The number of amides is 2. The Morgan fingerprint density at radius 1 is 1.18 bits per heavy atom. The van der Waals surface area contributed by atoms with Gasteiger partial charge in [-0.3, -0.25) is 9.59 Å². The van der Waals surface area contributed by atoms with Crippen molar-refractivity contribution in [1.82, 2.24) is 19.3 Å². The number of methoxy groups -OCH3 is 1. The molecule has 5 rings (SSSR count). The molecule has 40 heavy (non-hydrogen) atoms. The molecule has 1 atom stereocenters. The molecule has 0 aliphatic carbocycles. The van der Waals surface area contributed by atoms with E-state index in [0.29, 0.717) is 36.8 Å². The third kappa shape index (κ3) is 4.84. The number of benzene rings is 2. The van der Waals surface area contributed by atoms with Crippen molar-refractivity contribution in [3.63, 3.8) is 0 Å². The Morgan fingerprint density at radius 2 is 1.93 bits per heavy atom. The van der Waals surface area contributed by atoms with Crippen molar-refractivity contribution in [3.8, 4) is 5.69 Å². The minimum atomic E-state index is -0.935. The van der Waals surface area contributed by atoms with E-state index in [0.717, 1.165) is 17.2 Å². The molecule has 1 aliphatic rings. The molecule has 4 aromatic rings. The molecule has 3 heterocycles. The molecule has 1 aliphatic heterocycles. The van der Waals surface area contributed by atoms with E-state index in [1.54, 1.807) is 31.8 Å². The summed E-state index contributed by atoms with van der Waals surface area (Å²) in [6.07, 6.45) is 2.19. The predicted molar refractivity (Wildman–Crippen MR) is 146 cm³/mol. The van der Waals surface area contributed by atoms with Gasteiger partial charge in [-0.05, 0) is 60.9 Å². The van der Waals surface area contributed by atoms with E-state index in [1.165, 1.54) is 16.8 Å². The second kappa shape index (κ2) is 10.7. The van der Waals surface area contributed by atoms with Gasteiger partial charge in [-0.2, -0.15) is 5.10 Å². The molecule has 12 heteroatoms.